The first-order valence-electron chi connectivity index (χ1n) is 4.82. The van der Waals surface area contributed by atoms with Gasteiger partial charge in [0.15, 0.2) is 5.82 Å². The fraction of sp³-hybridized carbons (Fsp3) is 0.300. The maximum absolute atomic E-state index is 13.4. The van der Waals surface area contributed by atoms with Crippen LogP contribution in [0.25, 0.3) is 0 Å². The number of rotatable bonds is 2. The summed E-state index contributed by atoms with van der Waals surface area (Å²) in [4.78, 5) is 27.6. The number of carboxylic acid groups (broad SMARTS) is 1. The summed E-state index contributed by atoms with van der Waals surface area (Å²) >= 11 is 1.33. The molecule has 0 bridgehead atoms. The zero-order chi connectivity index (χ0) is 12.4. The van der Waals surface area contributed by atoms with Crippen LogP contribution in [0.4, 0.5) is 4.39 Å². The average molecular weight is 256 g/mol. The van der Waals surface area contributed by atoms with Gasteiger partial charge < -0.3 is 10.0 Å². The Morgan fingerprint density at radius 3 is 3.00 bits per heavy atom. The van der Waals surface area contributed by atoms with E-state index in [0.29, 0.717) is 5.75 Å². The van der Waals surface area contributed by atoms with Crippen molar-refractivity contribution in [3.63, 3.8) is 0 Å². The number of thioether (sulfide) groups is 1. The molecule has 0 aliphatic carbocycles. The zero-order valence-corrected chi connectivity index (χ0v) is 9.48. The Balaban J connectivity index is 2.26. The molecule has 1 aromatic rings. The molecule has 2 heterocycles. The van der Waals surface area contributed by atoms with E-state index in [9.17, 15) is 14.0 Å². The molecule has 1 N–H and O–H groups in total. The van der Waals surface area contributed by atoms with Crippen LogP contribution in [0.15, 0.2) is 18.5 Å². The minimum Gasteiger partial charge on any atom is -0.480 e. The van der Waals surface area contributed by atoms with Gasteiger partial charge in [-0.3, -0.25) is 9.78 Å². The fourth-order valence-electron chi connectivity index (χ4n) is 1.55. The lowest BCUT2D eigenvalue weighted by atomic mass is 10.2. The third-order valence-electron chi connectivity index (χ3n) is 2.43. The molecular formula is C10H9FN2O3S. The largest absolute Gasteiger partial charge is 0.480 e. The SMILES string of the molecule is O=C(O)[C@@H]1CSCN1C(=O)c1ccncc1F. The standard InChI is InChI=1S/C10H9FN2O3S/c11-7-3-12-2-1-6(7)9(14)13-5-17-4-8(13)10(15)16/h1-3,8H,4-5H2,(H,15,16)/t8-/m0/s1. The molecule has 1 aliphatic heterocycles. The van der Waals surface area contributed by atoms with Crippen molar-refractivity contribution in [1.82, 2.24) is 9.88 Å². The second kappa shape index (κ2) is 4.70. The molecule has 0 aromatic carbocycles. The Morgan fingerprint density at radius 2 is 2.35 bits per heavy atom. The number of aliphatic carboxylic acids is 1. The zero-order valence-electron chi connectivity index (χ0n) is 8.67. The van der Waals surface area contributed by atoms with Crippen LogP contribution in [0.2, 0.25) is 0 Å². The Labute approximate surface area is 101 Å². The number of hydrogen-bond acceptors (Lipinski definition) is 4. The second-order valence-electron chi connectivity index (χ2n) is 3.48. The average Bonchev–Trinajstić information content (AvgIpc) is 2.77. The smallest absolute Gasteiger partial charge is 0.327 e. The number of halogens is 1. The molecule has 5 nitrogen and oxygen atoms in total. The Kier molecular flexibility index (Phi) is 3.28. The normalized spacial score (nSPS) is 19.4. The molecule has 0 saturated carbocycles. The van der Waals surface area contributed by atoms with E-state index in [4.69, 9.17) is 5.11 Å². The quantitative estimate of drug-likeness (QED) is 0.848. The molecule has 1 fully saturated rings. The van der Waals surface area contributed by atoms with Gasteiger partial charge in [-0.15, -0.1) is 11.8 Å². The Morgan fingerprint density at radius 1 is 1.59 bits per heavy atom. The number of pyridine rings is 1. The highest BCUT2D eigenvalue weighted by Gasteiger charge is 2.35. The first-order chi connectivity index (χ1) is 8.11. The third kappa shape index (κ3) is 2.23. The van der Waals surface area contributed by atoms with Gasteiger partial charge in [-0.2, -0.15) is 0 Å². The van der Waals surface area contributed by atoms with E-state index in [1.165, 1.54) is 24.0 Å². The number of hydrogen-bond donors (Lipinski definition) is 1. The van der Waals surface area contributed by atoms with E-state index in [1.54, 1.807) is 0 Å². The molecule has 0 unspecified atom stereocenters. The summed E-state index contributed by atoms with van der Waals surface area (Å²) in [6.07, 6.45) is 2.24. The molecule has 1 aromatic heterocycles. The van der Waals surface area contributed by atoms with E-state index in [2.05, 4.69) is 4.98 Å². The van der Waals surface area contributed by atoms with Gasteiger partial charge in [0.2, 0.25) is 0 Å². The van der Waals surface area contributed by atoms with Gasteiger partial charge in [-0.25, -0.2) is 9.18 Å². The van der Waals surface area contributed by atoms with Crippen LogP contribution < -0.4 is 0 Å². The fourth-order valence-corrected chi connectivity index (χ4v) is 2.70. The minimum absolute atomic E-state index is 0.145. The molecule has 0 radical (unpaired) electrons. The molecular weight excluding hydrogens is 247 g/mol. The van der Waals surface area contributed by atoms with Gasteiger partial charge in [0, 0.05) is 11.9 Å². The van der Waals surface area contributed by atoms with E-state index >= 15 is 0 Å². The molecule has 2 rings (SSSR count). The molecule has 1 aliphatic rings. The van der Waals surface area contributed by atoms with E-state index in [0.717, 1.165) is 11.1 Å². The van der Waals surface area contributed by atoms with Crippen molar-refractivity contribution in [2.24, 2.45) is 0 Å². The van der Waals surface area contributed by atoms with Crippen LogP contribution in [0.5, 0.6) is 0 Å². The molecule has 1 saturated heterocycles. The van der Waals surface area contributed by atoms with Crippen LogP contribution in [-0.2, 0) is 4.79 Å². The van der Waals surface area contributed by atoms with E-state index < -0.39 is 23.7 Å². The summed E-state index contributed by atoms with van der Waals surface area (Å²) in [5, 5.41) is 8.94. The molecule has 7 heteroatoms. The highest BCUT2D eigenvalue weighted by Crippen LogP contribution is 2.23. The molecule has 17 heavy (non-hydrogen) atoms. The summed E-state index contributed by atoms with van der Waals surface area (Å²) in [5.74, 6) is -1.83. The summed E-state index contributed by atoms with van der Waals surface area (Å²) < 4.78 is 13.4. The summed E-state index contributed by atoms with van der Waals surface area (Å²) in [7, 11) is 0. The predicted octanol–water partition coefficient (Wildman–Crippen LogP) is 0.820. The number of carbonyl (C=O) groups is 2. The number of nitrogens with zero attached hydrogens (tertiary/aromatic N) is 2. The van der Waals surface area contributed by atoms with Crippen molar-refractivity contribution < 1.29 is 19.1 Å². The maximum atomic E-state index is 13.4. The van der Waals surface area contributed by atoms with Gasteiger partial charge in [0.25, 0.3) is 5.91 Å². The van der Waals surface area contributed by atoms with Crippen molar-refractivity contribution in [1.29, 1.82) is 0 Å². The number of amides is 1. The second-order valence-corrected chi connectivity index (χ2v) is 4.48. The van der Waals surface area contributed by atoms with Crippen LogP contribution in [0, 0.1) is 5.82 Å². The number of carboxylic acids is 1. The summed E-state index contributed by atoms with van der Waals surface area (Å²) in [6.45, 7) is 0. The molecule has 1 amide bonds. The Hall–Kier alpha value is -1.63. The Bertz CT molecular complexity index is 469. The van der Waals surface area contributed by atoms with Gasteiger partial charge in [-0.1, -0.05) is 0 Å². The maximum Gasteiger partial charge on any atom is 0.327 e. The molecule has 0 spiro atoms. The van der Waals surface area contributed by atoms with Crippen molar-refractivity contribution in [2.45, 2.75) is 6.04 Å². The first kappa shape index (κ1) is 11.8. The van der Waals surface area contributed by atoms with Crippen molar-refractivity contribution >= 4 is 23.6 Å². The predicted molar refractivity (Wildman–Crippen MR) is 59.1 cm³/mol. The van der Waals surface area contributed by atoms with Gasteiger partial charge in [0.05, 0.1) is 17.6 Å². The van der Waals surface area contributed by atoms with Crippen LogP contribution in [0.1, 0.15) is 10.4 Å². The van der Waals surface area contributed by atoms with Crippen LogP contribution in [0.3, 0.4) is 0 Å². The van der Waals surface area contributed by atoms with Gasteiger partial charge >= 0.3 is 5.97 Å². The first-order valence-corrected chi connectivity index (χ1v) is 5.97. The lowest BCUT2D eigenvalue weighted by Crippen LogP contribution is -2.42. The third-order valence-corrected chi connectivity index (χ3v) is 3.44. The number of carbonyl (C=O) groups excluding carboxylic acids is 1. The molecule has 1 atom stereocenters. The van der Waals surface area contributed by atoms with Crippen LogP contribution in [-0.4, -0.2) is 44.5 Å². The highest BCUT2D eigenvalue weighted by molar-refractivity contribution is 7.99. The van der Waals surface area contributed by atoms with Crippen LogP contribution >= 0.6 is 11.8 Å². The molecule has 90 valence electrons. The summed E-state index contributed by atoms with van der Waals surface area (Å²) in [6, 6.07) is 0.361. The van der Waals surface area contributed by atoms with Crippen molar-refractivity contribution in [3.8, 4) is 0 Å². The van der Waals surface area contributed by atoms with E-state index in [-0.39, 0.29) is 11.4 Å². The van der Waals surface area contributed by atoms with Gasteiger partial charge in [0.1, 0.15) is 6.04 Å². The van der Waals surface area contributed by atoms with Gasteiger partial charge in [-0.05, 0) is 6.07 Å². The number of aromatic nitrogens is 1. The van der Waals surface area contributed by atoms with Crippen molar-refractivity contribution in [2.75, 3.05) is 11.6 Å². The van der Waals surface area contributed by atoms with Crippen molar-refractivity contribution in [3.05, 3.63) is 29.8 Å². The highest BCUT2D eigenvalue weighted by atomic mass is 32.2. The topological polar surface area (TPSA) is 70.5 Å². The lowest BCUT2D eigenvalue weighted by molar-refractivity contribution is -0.140. The monoisotopic (exact) mass is 256 g/mol. The lowest BCUT2D eigenvalue weighted by Gasteiger charge is -2.20. The summed E-state index contributed by atoms with van der Waals surface area (Å²) in [5.41, 5.74) is -0.145. The minimum atomic E-state index is -1.07. The van der Waals surface area contributed by atoms with E-state index in [1.807, 2.05) is 0 Å².